The molecule has 20 heavy (non-hydrogen) atoms. The van der Waals surface area contributed by atoms with Crippen molar-refractivity contribution in [3.05, 3.63) is 29.3 Å². The average Bonchev–Trinajstić information content (AvgIpc) is 2.89. The summed E-state index contributed by atoms with van der Waals surface area (Å²) in [5.41, 5.74) is 0. The van der Waals surface area contributed by atoms with Gasteiger partial charge in [-0.25, -0.2) is 4.79 Å². The van der Waals surface area contributed by atoms with Gasteiger partial charge in [-0.15, -0.1) is 11.8 Å². The Hall–Kier alpha value is -1.40. The molecule has 1 aromatic carbocycles. The van der Waals surface area contributed by atoms with Crippen molar-refractivity contribution in [1.82, 2.24) is 4.90 Å². The van der Waals surface area contributed by atoms with Crippen LogP contribution in [0.5, 0.6) is 5.75 Å². The highest BCUT2D eigenvalue weighted by molar-refractivity contribution is 7.99. The van der Waals surface area contributed by atoms with E-state index in [1.54, 1.807) is 31.2 Å². The number of para-hydroxylation sites is 1. The van der Waals surface area contributed by atoms with Crippen molar-refractivity contribution in [1.29, 1.82) is 0 Å². The largest absolute Gasteiger partial charge is 0.480 e. The Morgan fingerprint density at radius 3 is 2.85 bits per heavy atom. The maximum atomic E-state index is 12.3. The quantitative estimate of drug-likeness (QED) is 0.921. The predicted octanol–water partition coefficient (Wildman–Crippen LogP) is 2.09. The number of hydrogen-bond acceptors (Lipinski definition) is 4. The summed E-state index contributed by atoms with van der Waals surface area (Å²) in [5, 5.41) is 9.49. The Bertz CT molecular complexity index is 525. The number of hydrogen-bond donors (Lipinski definition) is 1. The van der Waals surface area contributed by atoms with E-state index in [1.165, 1.54) is 16.7 Å². The Kier molecular flexibility index (Phi) is 4.77. The third-order valence-corrected chi connectivity index (χ3v) is 4.26. The minimum Gasteiger partial charge on any atom is -0.480 e. The molecule has 1 amide bonds. The molecule has 0 bridgehead atoms. The van der Waals surface area contributed by atoms with E-state index in [-0.39, 0.29) is 5.91 Å². The van der Waals surface area contributed by atoms with Crippen molar-refractivity contribution < 1.29 is 19.4 Å². The fourth-order valence-corrected chi connectivity index (χ4v) is 3.21. The van der Waals surface area contributed by atoms with Gasteiger partial charge in [-0.3, -0.25) is 4.79 Å². The molecule has 108 valence electrons. The van der Waals surface area contributed by atoms with Gasteiger partial charge in [0.1, 0.15) is 11.8 Å². The van der Waals surface area contributed by atoms with Gasteiger partial charge in [-0.1, -0.05) is 23.7 Å². The molecule has 1 saturated heterocycles. The first-order valence-electron chi connectivity index (χ1n) is 6.03. The third kappa shape index (κ3) is 3.19. The highest BCUT2D eigenvalue weighted by Gasteiger charge is 2.37. The second-order valence-electron chi connectivity index (χ2n) is 4.35. The van der Waals surface area contributed by atoms with Crippen LogP contribution in [0, 0.1) is 0 Å². The molecule has 0 radical (unpaired) electrons. The lowest BCUT2D eigenvalue weighted by molar-refractivity contribution is -0.150. The first-order chi connectivity index (χ1) is 9.50. The van der Waals surface area contributed by atoms with Crippen molar-refractivity contribution in [2.45, 2.75) is 19.1 Å². The van der Waals surface area contributed by atoms with E-state index in [9.17, 15) is 9.59 Å². The van der Waals surface area contributed by atoms with Crippen LogP contribution in [0.2, 0.25) is 5.02 Å². The van der Waals surface area contributed by atoms with Gasteiger partial charge in [0.15, 0.2) is 6.10 Å². The fraction of sp³-hybridized carbons (Fsp3) is 0.385. The number of benzene rings is 1. The molecule has 1 aromatic rings. The second kappa shape index (κ2) is 6.37. The van der Waals surface area contributed by atoms with Crippen LogP contribution in [0.4, 0.5) is 0 Å². The van der Waals surface area contributed by atoms with Gasteiger partial charge in [0, 0.05) is 5.75 Å². The lowest BCUT2D eigenvalue weighted by Gasteiger charge is -2.24. The highest BCUT2D eigenvalue weighted by atomic mass is 35.5. The van der Waals surface area contributed by atoms with Crippen LogP contribution in [0.1, 0.15) is 6.92 Å². The van der Waals surface area contributed by atoms with Crippen molar-refractivity contribution in [2.24, 2.45) is 0 Å². The number of amides is 1. The fourth-order valence-electron chi connectivity index (χ4n) is 1.88. The average molecular weight is 316 g/mol. The van der Waals surface area contributed by atoms with E-state index in [0.29, 0.717) is 22.4 Å². The Balaban J connectivity index is 2.05. The molecule has 1 N–H and O–H groups in total. The smallest absolute Gasteiger partial charge is 0.327 e. The van der Waals surface area contributed by atoms with Gasteiger partial charge < -0.3 is 14.7 Å². The van der Waals surface area contributed by atoms with E-state index in [1.807, 2.05) is 0 Å². The summed E-state index contributed by atoms with van der Waals surface area (Å²) in [5.74, 6) is -0.157. The zero-order chi connectivity index (χ0) is 14.7. The first-order valence-corrected chi connectivity index (χ1v) is 7.56. The standard InChI is InChI=1S/C13H14ClNO4S/c1-8(19-11-5-3-2-4-9(11)14)12(16)15-7-20-6-10(15)13(17)18/h2-5,8,10H,6-7H2,1H3,(H,17,18). The summed E-state index contributed by atoms with van der Waals surface area (Å²) < 4.78 is 5.52. The minimum atomic E-state index is -0.992. The molecule has 0 spiro atoms. The molecule has 0 aromatic heterocycles. The van der Waals surface area contributed by atoms with Gasteiger partial charge in [0.05, 0.1) is 10.9 Å². The topological polar surface area (TPSA) is 66.8 Å². The van der Waals surface area contributed by atoms with E-state index in [4.69, 9.17) is 21.4 Å². The molecule has 1 aliphatic rings. The van der Waals surface area contributed by atoms with Gasteiger partial charge >= 0.3 is 5.97 Å². The molecule has 1 heterocycles. The van der Waals surface area contributed by atoms with Crippen LogP contribution in [-0.4, -0.2) is 45.7 Å². The first kappa shape index (κ1) is 15.0. The SMILES string of the molecule is CC(Oc1ccccc1Cl)C(=O)N1CSCC1C(=O)O. The summed E-state index contributed by atoms with van der Waals surface area (Å²) in [6.45, 7) is 1.59. The zero-order valence-electron chi connectivity index (χ0n) is 10.8. The summed E-state index contributed by atoms with van der Waals surface area (Å²) in [4.78, 5) is 24.7. The highest BCUT2D eigenvalue weighted by Crippen LogP contribution is 2.26. The third-order valence-electron chi connectivity index (χ3n) is 2.94. The van der Waals surface area contributed by atoms with E-state index < -0.39 is 18.1 Å². The van der Waals surface area contributed by atoms with Gasteiger partial charge in [0.2, 0.25) is 0 Å². The molecular formula is C13H14ClNO4S. The number of carboxylic acids is 1. The summed E-state index contributed by atoms with van der Waals surface area (Å²) >= 11 is 7.38. The number of nitrogens with zero attached hydrogens (tertiary/aromatic N) is 1. The van der Waals surface area contributed by atoms with Crippen molar-refractivity contribution in [2.75, 3.05) is 11.6 Å². The number of aliphatic carboxylic acids is 1. The molecule has 0 aliphatic carbocycles. The van der Waals surface area contributed by atoms with Crippen molar-refractivity contribution in [3.8, 4) is 5.75 Å². The van der Waals surface area contributed by atoms with Gasteiger partial charge in [0.25, 0.3) is 5.91 Å². The molecule has 2 rings (SSSR count). The van der Waals surface area contributed by atoms with Crippen LogP contribution >= 0.6 is 23.4 Å². The van der Waals surface area contributed by atoms with E-state index in [2.05, 4.69) is 0 Å². The van der Waals surface area contributed by atoms with Crippen molar-refractivity contribution >= 4 is 35.2 Å². The maximum absolute atomic E-state index is 12.3. The number of carbonyl (C=O) groups excluding carboxylic acids is 1. The summed E-state index contributed by atoms with van der Waals surface area (Å²) in [6, 6.07) is 6.06. The molecular weight excluding hydrogens is 302 g/mol. The van der Waals surface area contributed by atoms with E-state index in [0.717, 1.165) is 0 Å². The lowest BCUT2D eigenvalue weighted by Crippen LogP contribution is -2.47. The van der Waals surface area contributed by atoms with Crippen molar-refractivity contribution in [3.63, 3.8) is 0 Å². The zero-order valence-corrected chi connectivity index (χ0v) is 12.4. The molecule has 5 nitrogen and oxygen atoms in total. The number of thioether (sulfide) groups is 1. The van der Waals surface area contributed by atoms with Crippen LogP contribution < -0.4 is 4.74 Å². The molecule has 2 unspecified atom stereocenters. The van der Waals surface area contributed by atoms with Crippen LogP contribution in [0.25, 0.3) is 0 Å². The monoisotopic (exact) mass is 315 g/mol. The molecule has 1 fully saturated rings. The van der Waals surface area contributed by atoms with E-state index >= 15 is 0 Å². The number of rotatable bonds is 4. The number of carboxylic acid groups (broad SMARTS) is 1. The molecule has 0 saturated carbocycles. The van der Waals surface area contributed by atoms with Crippen LogP contribution in [-0.2, 0) is 9.59 Å². The Labute approximate surface area is 125 Å². The lowest BCUT2D eigenvalue weighted by atomic mass is 10.2. The Morgan fingerprint density at radius 1 is 1.50 bits per heavy atom. The summed E-state index contributed by atoms with van der Waals surface area (Å²) in [6.07, 6.45) is -0.782. The Morgan fingerprint density at radius 2 is 2.20 bits per heavy atom. The molecule has 1 aliphatic heterocycles. The summed E-state index contributed by atoms with van der Waals surface area (Å²) in [7, 11) is 0. The number of ether oxygens (including phenoxy) is 1. The number of halogens is 1. The van der Waals surface area contributed by atoms with Crippen LogP contribution in [0.3, 0.4) is 0 Å². The van der Waals surface area contributed by atoms with Crippen LogP contribution in [0.15, 0.2) is 24.3 Å². The van der Waals surface area contributed by atoms with Gasteiger partial charge in [-0.05, 0) is 19.1 Å². The second-order valence-corrected chi connectivity index (χ2v) is 5.76. The minimum absolute atomic E-state index is 0.345. The normalized spacial score (nSPS) is 19.7. The predicted molar refractivity (Wildman–Crippen MR) is 77.1 cm³/mol. The van der Waals surface area contributed by atoms with Gasteiger partial charge in [-0.2, -0.15) is 0 Å². The maximum Gasteiger partial charge on any atom is 0.327 e. The number of carbonyl (C=O) groups is 2. The molecule has 2 atom stereocenters. The molecule has 7 heteroatoms.